The first-order valence-electron chi connectivity index (χ1n) is 19.5. The predicted molar refractivity (Wildman–Crippen MR) is 210 cm³/mol. The smallest absolute Gasteiger partial charge is 0.410 e. The van der Waals surface area contributed by atoms with Gasteiger partial charge in [-0.1, -0.05) is 12.1 Å². The Hall–Kier alpha value is -5.61. The fourth-order valence-electron chi connectivity index (χ4n) is 7.90. The van der Waals surface area contributed by atoms with E-state index in [-0.39, 0.29) is 48.2 Å². The lowest BCUT2D eigenvalue weighted by atomic mass is 9.88. The number of hydrogen-bond donors (Lipinski definition) is 2. The number of amides is 4. The summed E-state index contributed by atoms with van der Waals surface area (Å²) in [5, 5.41) is 10.4. The van der Waals surface area contributed by atoms with E-state index in [1.807, 2.05) is 60.0 Å². The Kier molecular flexibility index (Phi) is 11.2. The van der Waals surface area contributed by atoms with Crippen molar-refractivity contribution in [1.82, 2.24) is 34.4 Å². The fraction of sp³-hybridized carbons (Fsp3) is 0.452. The zero-order valence-electron chi connectivity index (χ0n) is 33.7. The summed E-state index contributed by atoms with van der Waals surface area (Å²) in [5.41, 5.74) is 2.54. The lowest BCUT2D eigenvalue weighted by molar-refractivity contribution is -0.163. The van der Waals surface area contributed by atoms with E-state index < -0.39 is 28.7 Å². The molecule has 14 nitrogen and oxygen atoms in total. The summed E-state index contributed by atoms with van der Waals surface area (Å²) in [4.78, 5) is 56.5. The van der Waals surface area contributed by atoms with Crippen molar-refractivity contribution in [2.24, 2.45) is 0 Å². The summed E-state index contributed by atoms with van der Waals surface area (Å²) in [6.07, 6.45) is 2.65. The van der Waals surface area contributed by atoms with Crippen molar-refractivity contribution in [1.29, 1.82) is 0 Å². The molecule has 58 heavy (non-hydrogen) atoms. The summed E-state index contributed by atoms with van der Waals surface area (Å²) in [7, 11) is 3.04. The summed E-state index contributed by atoms with van der Waals surface area (Å²) in [6, 6.07) is 13.0. The van der Waals surface area contributed by atoms with E-state index in [0.717, 1.165) is 29.1 Å². The number of piperidine rings is 1. The second-order valence-corrected chi connectivity index (χ2v) is 16.4. The molecule has 5 heterocycles. The Morgan fingerprint density at radius 3 is 2.22 bits per heavy atom. The van der Waals surface area contributed by atoms with Gasteiger partial charge in [0.1, 0.15) is 28.5 Å². The number of nitrogens with zero attached hydrogens (tertiary/aromatic N) is 6. The van der Waals surface area contributed by atoms with Crippen LogP contribution >= 0.6 is 0 Å². The first-order chi connectivity index (χ1) is 27.5. The average Bonchev–Trinajstić information content (AvgIpc) is 3.78. The zero-order valence-corrected chi connectivity index (χ0v) is 33.7. The molecule has 16 heteroatoms. The van der Waals surface area contributed by atoms with Gasteiger partial charge in [-0.25, -0.2) is 13.6 Å². The number of ether oxygens (including phenoxy) is 2. The van der Waals surface area contributed by atoms with Crippen LogP contribution < -0.4 is 10.6 Å². The topological polar surface area (TPSA) is 143 Å². The molecule has 2 aromatic carbocycles. The first kappa shape index (κ1) is 40.6. The van der Waals surface area contributed by atoms with E-state index in [1.165, 1.54) is 19.0 Å². The van der Waals surface area contributed by atoms with Crippen molar-refractivity contribution >= 4 is 29.5 Å². The molecule has 2 aromatic heterocycles. The van der Waals surface area contributed by atoms with Crippen LogP contribution in [0.4, 0.5) is 19.3 Å². The Labute approximate surface area is 336 Å². The number of carbonyl (C=O) groups is 4. The Balaban J connectivity index is 0.934. The number of rotatable bonds is 9. The highest BCUT2D eigenvalue weighted by Gasteiger charge is 2.50. The lowest BCUT2D eigenvalue weighted by Gasteiger charge is -2.52. The van der Waals surface area contributed by atoms with E-state index in [1.54, 1.807) is 29.3 Å². The molecule has 2 saturated heterocycles. The van der Waals surface area contributed by atoms with Crippen molar-refractivity contribution in [2.45, 2.75) is 77.4 Å². The fourth-order valence-corrected chi connectivity index (χ4v) is 7.90. The molecular weight excluding hydrogens is 751 g/mol. The van der Waals surface area contributed by atoms with Crippen molar-refractivity contribution < 1.29 is 37.4 Å². The van der Waals surface area contributed by atoms with Gasteiger partial charge in [-0.2, -0.15) is 5.10 Å². The van der Waals surface area contributed by atoms with Crippen LogP contribution in [-0.4, -0.2) is 105 Å². The number of fused-ring (bicyclic) bond motifs is 2. The lowest BCUT2D eigenvalue weighted by Crippen LogP contribution is -2.63. The molecule has 0 unspecified atom stereocenters. The molecule has 1 spiro atoms. The highest BCUT2D eigenvalue weighted by Crippen LogP contribution is 2.41. The summed E-state index contributed by atoms with van der Waals surface area (Å²) >= 11 is 0. The largest absolute Gasteiger partial charge is 0.444 e. The van der Waals surface area contributed by atoms with Gasteiger partial charge in [-0.15, -0.1) is 0 Å². The van der Waals surface area contributed by atoms with Gasteiger partial charge in [-0.05, 0) is 82.5 Å². The van der Waals surface area contributed by atoms with Crippen LogP contribution in [-0.2, 0) is 34.6 Å². The van der Waals surface area contributed by atoms with Crippen LogP contribution in [0.1, 0.15) is 93.4 Å². The molecule has 308 valence electrons. The minimum absolute atomic E-state index is 0.0258. The van der Waals surface area contributed by atoms with Crippen LogP contribution in [0.2, 0.25) is 0 Å². The normalized spacial score (nSPS) is 16.7. The zero-order chi connectivity index (χ0) is 41.5. The number of benzene rings is 2. The van der Waals surface area contributed by atoms with E-state index >= 15 is 8.78 Å². The minimum atomic E-state index is -0.786. The molecule has 0 radical (unpaired) electrons. The third-order valence-corrected chi connectivity index (χ3v) is 11.1. The molecule has 4 amide bonds. The maximum atomic E-state index is 15.2. The predicted octanol–water partition coefficient (Wildman–Crippen LogP) is 5.47. The Bertz CT molecular complexity index is 2190. The molecule has 3 aliphatic heterocycles. The van der Waals surface area contributed by atoms with Gasteiger partial charge in [0.25, 0.3) is 17.7 Å². The van der Waals surface area contributed by atoms with Crippen molar-refractivity contribution in [3.05, 3.63) is 106 Å². The van der Waals surface area contributed by atoms with Crippen LogP contribution in [0.5, 0.6) is 0 Å². The highest BCUT2D eigenvalue weighted by molar-refractivity contribution is 6.05. The number of aromatic nitrogens is 3. The highest BCUT2D eigenvalue weighted by atomic mass is 19.1. The SMILES string of the molecule is Cc1c(C(=O)Nc2ccc(CNC(=O)c3ccc4n3CCN(Cc3c(F)cc(C(=O)N(C)C)cc3F)C43COC3)cc2)cnn1C1CCN(C(=O)OC(C)(C)C)CC1. The van der Waals surface area contributed by atoms with E-state index in [2.05, 4.69) is 15.7 Å². The van der Waals surface area contributed by atoms with E-state index in [0.29, 0.717) is 69.2 Å². The van der Waals surface area contributed by atoms with Crippen LogP contribution in [0.3, 0.4) is 0 Å². The third kappa shape index (κ3) is 8.07. The molecular formula is C42H50F2N8O6. The third-order valence-electron chi connectivity index (χ3n) is 11.1. The molecule has 0 atom stereocenters. The maximum Gasteiger partial charge on any atom is 0.410 e. The molecule has 4 aromatic rings. The van der Waals surface area contributed by atoms with Gasteiger partial charge in [-0.3, -0.25) is 24.0 Å². The van der Waals surface area contributed by atoms with Gasteiger partial charge in [0, 0.05) is 81.6 Å². The number of hydrogen-bond acceptors (Lipinski definition) is 8. The Morgan fingerprint density at radius 2 is 1.62 bits per heavy atom. The summed E-state index contributed by atoms with van der Waals surface area (Å²) in [6.45, 7) is 10.2. The second kappa shape index (κ2) is 16.0. The monoisotopic (exact) mass is 800 g/mol. The van der Waals surface area contributed by atoms with Crippen molar-refractivity contribution in [3.63, 3.8) is 0 Å². The van der Waals surface area contributed by atoms with Crippen LogP contribution in [0.15, 0.2) is 54.7 Å². The Morgan fingerprint density at radius 1 is 0.948 bits per heavy atom. The van der Waals surface area contributed by atoms with Gasteiger partial charge >= 0.3 is 6.09 Å². The molecule has 2 fully saturated rings. The number of likely N-dealkylation sites (tertiary alicyclic amines) is 1. The van der Waals surface area contributed by atoms with E-state index in [4.69, 9.17) is 9.47 Å². The quantitative estimate of drug-likeness (QED) is 0.227. The van der Waals surface area contributed by atoms with Crippen LogP contribution in [0, 0.1) is 18.6 Å². The number of nitrogens with one attached hydrogen (secondary N) is 2. The molecule has 7 rings (SSSR count). The molecule has 3 aliphatic rings. The van der Waals surface area contributed by atoms with Gasteiger partial charge < -0.3 is 34.5 Å². The minimum Gasteiger partial charge on any atom is -0.444 e. The first-order valence-corrected chi connectivity index (χ1v) is 19.5. The molecule has 0 bridgehead atoms. The van der Waals surface area contributed by atoms with Crippen LogP contribution in [0.25, 0.3) is 0 Å². The number of carbonyl (C=O) groups excluding carboxylic acids is 4. The number of anilines is 1. The van der Waals surface area contributed by atoms with Gasteiger partial charge in [0.15, 0.2) is 0 Å². The van der Waals surface area contributed by atoms with Gasteiger partial charge in [0.2, 0.25) is 0 Å². The maximum absolute atomic E-state index is 15.2. The molecule has 0 saturated carbocycles. The molecule has 2 N–H and O–H groups in total. The second-order valence-electron chi connectivity index (χ2n) is 16.4. The summed E-state index contributed by atoms with van der Waals surface area (Å²) in [5.74, 6) is -2.61. The number of halogens is 2. The standard InChI is InChI=1S/C42H50F2N8O6/c1-26-31(22-46-52(26)30-13-15-49(16-14-30)40(56)58-41(2,3)4)37(53)47-29-9-7-27(8-10-29)21-45-38(54)35-11-12-36-42(24-57-25-42)50(17-18-51(35)36)23-32-33(43)19-28(20-34(32)44)39(55)48(5)6/h7-12,19-20,22,30H,13-18,21,23-25H2,1-6H3,(H,45,54)(H,47,53). The summed E-state index contributed by atoms with van der Waals surface area (Å²) < 4.78 is 45.4. The average molecular weight is 801 g/mol. The molecule has 0 aliphatic carbocycles. The van der Waals surface area contributed by atoms with Crippen molar-refractivity contribution in [2.75, 3.05) is 52.3 Å². The van der Waals surface area contributed by atoms with E-state index in [9.17, 15) is 19.2 Å². The van der Waals surface area contributed by atoms with Crippen molar-refractivity contribution in [3.8, 4) is 0 Å². The van der Waals surface area contributed by atoms with Gasteiger partial charge in [0.05, 0.1) is 31.0 Å².